The van der Waals surface area contributed by atoms with Crippen molar-refractivity contribution in [3.05, 3.63) is 33.8 Å². The van der Waals surface area contributed by atoms with Crippen LogP contribution in [0.5, 0.6) is 0 Å². The minimum atomic E-state index is -0.0284. The maximum Gasteiger partial charge on any atom is 0.252 e. The molecular formula is C15H18BrN3O. The molecule has 5 heteroatoms. The Bertz CT molecular complexity index is 530. The van der Waals surface area contributed by atoms with E-state index in [0.717, 1.165) is 36.0 Å². The van der Waals surface area contributed by atoms with Crippen molar-refractivity contribution < 1.29 is 4.79 Å². The van der Waals surface area contributed by atoms with Crippen LogP contribution in [0.25, 0.3) is 0 Å². The van der Waals surface area contributed by atoms with Crippen molar-refractivity contribution in [3.63, 3.8) is 0 Å². The molecule has 0 unspecified atom stereocenters. The van der Waals surface area contributed by atoms with Crippen LogP contribution in [0.1, 0.15) is 28.8 Å². The number of aryl methyl sites for hydroxylation is 1. The third kappa shape index (κ3) is 3.59. The van der Waals surface area contributed by atoms with Crippen LogP contribution in [-0.2, 0) is 0 Å². The molecule has 1 aliphatic heterocycles. The van der Waals surface area contributed by atoms with Gasteiger partial charge in [-0.2, -0.15) is 5.26 Å². The lowest BCUT2D eigenvalue weighted by Crippen LogP contribution is -2.44. The van der Waals surface area contributed by atoms with Gasteiger partial charge in [-0.15, -0.1) is 0 Å². The molecule has 1 aromatic carbocycles. The number of halogens is 1. The Morgan fingerprint density at radius 3 is 2.85 bits per heavy atom. The summed E-state index contributed by atoms with van der Waals surface area (Å²) in [6.45, 7) is 4.19. The second-order valence-electron chi connectivity index (χ2n) is 5.12. The number of piperidine rings is 1. The van der Waals surface area contributed by atoms with E-state index in [1.165, 1.54) is 0 Å². The van der Waals surface area contributed by atoms with Gasteiger partial charge in [0.1, 0.15) is 0 Å². The topological polar surface area (TPSA) is 56.1 Å². The van der Waals surface area contributed by atoms with Crippen LogP contribution >= 0.6 is 15.9 Å². The van der Waals surface area contributed by atoms with Gasteiger partial charge < -0.3 is 5.32 Å². The van der Waals surface area contributed by atoms with Gasteiger partial charge in [0.15, 0.2) is 0 Å². The van der Waals surface area contributed by atoms with E-state index < -0.39 is 0 Å². The van der Waals surface area contributed by atoms with E-state index in [1.807, 2.05) is 25.1 Å². The molecule has 0 bridgehead atoms. The maximum atomic E-state index is 12.3. The van der Waals surface area contributed by atoms with Gasteiger partial charge in [-0.1, -0.05) is 12.1 Å². The molecule has 2 rings (SSSR count). The Morgan fingerprint density at radius 1 is 1.50 bits per heavy atom. The second-order valence-corrected chi connectivity index (χ2v) is 5.91. The van der Waals surface area contributed by atoms with E-state index in [1.54, 1.807) is 0 Å². The highest BCUT2D eigenvalue weighted by atomic mass is 79.9. The van der Waals surface area contributed by atoms with Crippen LogP contribution in [-0.4, -0.2) is 36.5 Å². The SMILES string of the molecule is Cc1cccc(C(=O)NC2CCN(CC#N)CC2)c1Br. The van der Waals surface area contributed by atoms with Crippen molar-refractivity contribution in [2.45, 2.75) is 25.8 Å². The predicted molar refractivity (Wildman–Crippen MR) is 81.4 cm³/mol. The Morgan fingerprint density at radius 2 is 2.20 bits per heavy atom. The Labute approximate surface area is 127 Å². The molecule has 1 saturated heterocycles. The Hall–Kier alpha value is -1.38. The molecule has 0 aromatic heterocycles. The summed E-state index contributed by atoms with van der Waals surface area (Å²) in [5.41, 5.74) is 1.74. The van der Waals surface area contributed by atoms with Gasteiger partial charge in [0.25, 0.3) is 5.91 Å². The zero-order valence-corrected chi connectivity index (χ0v) is 13.1. The molecule has 1 N–H and O–H groups in total. The van der Waals surface area contributed by atoms with E-state index in [-0.39, 0.29) is 11.9 Å². The van der Waals surface area contributed by atoms with Crippen molar-refractivity contribution in [2.75, 3.05) is 19.6 Å². The number of nitrogens with one attached hydrogen (secondary N) is 1. The molecule has 1 heterocycles. The van der Waals surface area contributed by atoms with E-state index in [2.05, 4.69) is 32.2 Å². The summed E-state index contributed by atoms with van der Waals surface area (Å²) >= 11 is 3.47. The van der Waals surface area contributed by atoms with Crippen molar-refractivity contribution in [2.24, 2.45) is 0 Å². The van der Waals surface area contributed by atoms with Crippen LogP contribution in [0, 0.1) is 18.3 Å². The molecule has 4 nitrogen and oxygen atoms in total. The molecule has 1 aromatic rings. The van der Waals surface area contributed by atoms with Gasteiger partial charge in [-0.05, 0) is 47.3 Å². The fourth-order valence-corrected chi connectivity index (χ4v) is 2.87. The molecule has 1 fully saturated rings. The average molecular weight is 336 g/mol. The quantitative estimate of drug-likeness (QED) is 0.863. The number of rotatable bonds is 3. The number of hydrogen-bond acceptors (Lipinski definition) is 3. The first-order valence-corrected chi connectivity index (χ1v) is 7.56. The van der Waals surface area contributed by atoms with Crippen LogP contribution < -0.4 is 5.32 Å². The number of benzene rings is 1. The molecule has 0 atom stereocenters. The van der Waals surface area contributed by atoms with E-state index in [9.17, 15) is 4.79 Å². The summed E-state index contributed by atoms with van der Waals surface area (Å²) in [4.78, 5) is 14.4. The summed E-state index contributed by atoms with van der Waals surface area (Å²) in [6, 6.07) is 8.06. The monoisotopic (exact) mass is 335 g/mol. The zero-order valence-electron chi connectivity index (χ0n) is 11.5. The molecular weight excluding hydrogens is 318 g/mol. The first-order valence-electron chi connectivity index (χ1n) is 6.77. The highest BCUT2D eigenvalue weighted by Crippen LogP contribution is 2.21. The molecule has 0 aliphatic carbocycles. The number of carbonyl (C=O) groups is 1. The first-order chi connectivity index (χ1) is 9.61. The van der Waals surface area contributed by atoms with Crippen LogP contribution in [0.3, 0.4) is 0 Å². The fraction of sp³-hybridized carbons (Fsp3) is 0.467. The number of hydrogen-bond donors (Lipinski definition) is 1. The molecule has 0 saturated carbocycles. The van der Waals surface area contributed by atoms with Gasteiger partial charge in [0.2, 0.25) is 0 Å². The van der Waals surface area contributed by atoms with E-state index in [0.29, 0.717) is 12.1 Å². The largest absolute Gasteiger partial charge is 0.349 e. The Kier molecular flexibility index (Phi) is 5.16. The van der Waals surface area contributed by atoms with Crippen molar-refractivity contribution in [1.29, 1.82) is 5.26 Å². The predicted octanol–water partition coefficient (Wildman–Crippen LogP) is 2.48. The normalized spacial score (nSPS) is 16.6. The summed E-state index contributed by atoms with van der Waals surface area (Å²) in [5, 5.41) is 11.8. The Balaban J connectivity index is 1.93. The van der Waals surface area contributed by atoms with Gasteiger partial charge in [-0.3, -0.25) is 9.69 Å². The fourth-order valence-electron chi connectivity index (χ4n) is 2.42. The summed E-state index contributed by atoms with van der Waals surface area (Å²) in [7, 11) is 0. The van der Waals surface area contributed by atoms with E-state index >= 15 is 0 Å². The van der Waals surface area contributed by atoms with Crippen molar-refractivity contribution in [3.8, 4) is 6.07 Å². The standard InChI is InChI=1S/C15H18BrN3O/c1-11-3-2-4-13(14(11)16)15(20)18-12-5-8-19(9-6-12)10-7-17/h2-4,12H,5-6,8-10H2,1H3,(H,18,20). The second kappa shape index (κ2) is 6.87. The summed E-state index contributed by atoms with van der Waals surface area (Å²) < 4.78 is 0.861. The number of nitriles is 1. The third-order valence-corrected chi connectivity index (χ3v) is 4.71. The van der Waals surface area contributed by atoms with Gasteiger partial charge >= 0.3 is 0 Å². The van der Waals surface area contributed by atoms with Crippen molar-refractivity contribution >= 4 is 21.8 Å². The number of carbonyl (C=O) groups excluding carboxylic acids is 1. The average Bonchev–Trinajstić information content (AvgIpc) is 2.44. The highest BCUT2D eigenvalue weighted by Gasteiger charge is 2.21. The minimum Gasteiger partial charge on any atom is -0.349 e. The van der Waals surface area contributed by atoms with Gasteiger partial charge in [-0.25, -0.2) is 0 Å². The summed E-state index contributed by atoms with van der Waals surface area (Å²) in [5.74, 6) is -0.0284. The van der Waals surface area contributed by atoms with Crippen LogP contribution in [0.15, 0.2) is 22.7 Å². The first kappa shape index (κ1) is 15.0. The van der Waals surface area contributed by atoms with Crippen LogP contribution in [0.4, 0.5) is 0 Å². The van der Waals surface area contributed by atoms with Gasteiger partial charge in [0.05, 0.1) is 18.2 Å². The smallest absolute Gasteiger partial charge is 0.252 e. The lowest BCUT2D eigenvalue weighted by atomic mass is 10.0. The van der Waals surface area contributed by atoms with Crippen LogP contribution in [0.2, 0.25) is 0 Å². The van der Waals surface area contributed by atoms with E-state index in [4.69, 9.17) is 5.26 Å². The molecule has 0 spiro atoms. The van der Waals surface area contributed by atoms with Crippen molar-refractivity contribution in [1.82, 2.24) is 10.2 Å². The number of likely N-dealkylation sites (tertiary alicyclic amines) is 1. The molecule has 1 aliphatic rings. The third-order valence-electron chi connectivity index (χ3n) is 3.65. The number of amides is 1. The number of nitrogens with zero attached hydrogens (tertiary/aromatic N) is 2. The minimum absolute atomic E-state index is 0.0284. The molecule has 0 radical (unpaired) electrons. The molecule has 1 amide bonds. The zero-order chi connectivity index (χ0) is 14.5. The highest BCUT2D eigenvalue weighted by molar-refractivity contribution is 9.10. The summed E-state index contributed by atoms with van der Waals surface area (Å²) in [6.07, 6.45) is 1.80. The lowest BCUT2D eigenvalue weighted by molar-refractivity contribution is 0.0913. The maximum absolute atomic E-state index is 12.3. The molecule has 20 heavy (non-hydrogen) atoms. The van der Waals surface area contributed by atoms with Gasteiger partial charge in [0, 0.05) is 23.6 Å². The lowest BCUT2D eigenvalue weighted by Gasteiger charge is -2.30. The molecule has 106 valence electrons.